The maximum Gasteiger partial charge on any atom is 0.225 e. The van der Waals surface area contributed by atoms with Gasteiger partial charge in [-0.25, -0.2) is 0 Å². The van der Waals surface area contributed by atoms with Gasteiger partial charge in [0.15, 0.2) is 0 Å². The Morgan fingerprint density at radius 2 is 1.67 bits per heavy atom. The minimum Gasteiger partial charge on any atom is -0.345 e. The van der Waals surface area contributed by atoms with E-state index in [2.05, 4.69) is 73.0 Å². The smallest absolute Gasteiger partial charge is 0.225 e. The fourth-order valence-corrected chi connectivity index (χ4v) is 3.20. The Kier molecular flexibility index (Phi) is 6.41. The number of nitrogens with one attached hydrogen (secondary N) is 2. The van der Waals surface area contributed by atoms with E-state index in [9.17, 15) is 4.79 Å². The van der Waals surface area contributed by atoms with Crippen LogP contribution in [0, 0.1) is 19.8 Å². The summed E-state index contributed by atoms with van der Waals surface area (Å²) in [6.45, 7) is 5.87. The number of rotatable bonds is 4. The van der Waals surface area contributed by atoms with Crippen LogP contribution in [-0.4, -0.2) is 19.0 Å². The highest BCUT2D eigenvalue weighted by atomic mass is 35.5. The molecule has 1 fully saturated rings. The summed E-state index contributed by atoms with van der Waals surface area (Å²) < 4.78 is 0. The van der Waals surface area contributed by atoms with Gasteiger partial charge in [-0.05, 0) is 37.9 Å². The number of amides is 1. The van der Waals surface area contributed by atoms with Gasteiger partial charge in [-0.2, -0.15) is 0 Å². The first-order chi connectivity index (χ1) is 11.1. The fraction of sp³-hybridized carbons (Fsp3) is 0.350. The zero-order valence-electron chi connectivity index (χ0n) is 14.2. The van der Waals surface area contributed by atoms with Crippen molar-refractivity contribution < 1.29 is 4.79 Å². The van der Waals surface area contributed by atoms with Gasteiger partial charge in [-0.1, -0.05) is 59.7 Å². The average Bonchev–Trinajstić information content (AvgIpc) is 3.07. The van der Waals surface area contributed by atoms with Crippen LogP contribution in [0.2, 0.25) is 0 Å². The van der Waals surface area contributed by atoms with Crippen LogP contribution in [0.5, 0.6) is 0 Å². The normalized spacial score (nSPS) is 16.7. The molecule has 0 aliphatic carbocycles. The van der Waals surface area contributed by atoms with E-state index in [1.54, 1.807) is 0 Å². The van der Waals surface area contributed by atoms with Crippen molar-refractivity contribution in [3.63, 3.8) is 0 Å². The molecule has 0 aromatic heterocycles. The largest absolute Gasteiger partial charge is 0.345 e. The molecular weight excluding hydrogens is 320 g/mol. The Morgan fingerprint density at radius 1 is 1.08 bits per heavy atom. The zero-order valence-corrected chi connectivity index (χ0v) is 15.0. The lowest BCUT2D eigenvalue weighted by molar-refractivity contribution is -0.124. The van der Waals surface area contributed by atoms with Crippen molar-refractivity contribution >= 4 is 18.3 Å². The van der Waals surface area contributed by atoms with Gasteiger partial charge in [-0.15, -0.1) is 12.4 Å². The molecule has 1 unspecified atom stereocenters. The first-order valence-corrected chi connectivity index (χ1v) is 8.28. The molecule has 1 atom stereocenters. The number of carbonyl (C=O) groups is 1. The lowest BCUT2D eigenvalue weighted by atomic mass is 9.95. The predicted octanol–water partition coefficient (Wildman–Crippen LogP) is 3.54. The second-order valence-corrected chi connectivity index (χ2v) is 6.46. The lowest BCUT2D eigenvalue weighted by Gasteiger charge is -2.22. The minimum atomic E-state index is -0.0945. The highest BCUT2D eigenvalue weighted by Crippen LogP contribution is 2.24. The van der Waals surface area contributed by atoms with Crippen molar-refractivity contribution in [3.8, 4) is 0 Å². The molecule has 2 aromatic carbocycles. The van der Waals surface area contributed by atoms with E-state index >= 15 is 0 Å². The van der Waals surface area contributed by atoms with E-state index in [0.717, 1.165) is 30.6 Å². The van der Waals surface area contributed by atoms with E-state index < -0.39 is 0 Å². The molecule has 24 heavy (non-hydrogen) atoms. The molecule has 0 saturated carbocycles. The summed E-state index contributed by atoms with van der Waals surface area (Å²) in [4.78, 5) is 12.6. The van der Waals surface area contributed by atoms with Crippen LogP contribution in [0.25, 0.3) is 0 Å². The van der Waals surface area contributed by atoms with Crippen LogP contribution >= 0.6 is 12.4 Å². The third-order valence-electron chi connectivity index (χ3n) is 4.47. The fourth-order valence-electron chi connectivity index (χ4n) is 3.20. The summed E-state index contributed by atoms with van der Waals surface area (Å²) in [7, 11) is 0. The van der Waals surface area contributed by atoms with Crippen LogP contribution in [-0.2, 0) is 4.79 Å². The summed E-state index contributed by atoms with van der Waals surface area (Å²) in [5.41, 5.74) is 4.68. The van der Waals surface area contributed by atoms with Crippen molar-refractivity contribution in [2.75, 3.05) is 13.1 Å². The topological polar surface area (TPSA) is 41.1 Å². The first kappa shape index (κ1) is 18.5. The molecule has 3 nitrogen and oxygen atoms in total. The van der Waals surface area contributed by atoms with Crippen molar-refractivity contribution in [2.24, 2.45) is 5.92 Å². The summed E-state index contributed by atoms with van der Waals surface area (Å²) >= 11 is 0. The molecule has 0 bridgehead atoms. The second-order valence-electron chi connectivity index (χ2n) is 6.46. The number of halogens is 1. The molecule has 1 heterocycles. The average molecular weight is 345 g/mol. The van der Waals surface area contributed by atoms with Crippen molar-refractivity contribution in [1.82, 2.24) is 10.6 Å². The number of benzene rings is 2. The predicted molar refractivity (Wildman–Crippen MR) is 101 cm³/mol. The standard InChI is InChI=1S/C20H24N2O.ClH/c1-14-5-3-7-16(11-14)19(17-8-4-6-15(2)12-17)22-20(23)18-9-10-21-13-18;/h3-8,11-12,18-19,21H,9-10,13H2,1-2H3,(H,22,23);1H. The molecule has 2 aromatic rings. The maximum atomic E-state index is 12.6. The molecular formula is C20H25ClN2O. The Hall–Kier alpha value is -1.84. The van der Waals surface area contributed by atoms with Crippen LogP contribution < -0.4 is 10.6 Å². The summed E-state index contributed by atoms with van der Waals surface area (Å²) in [6, 6.07) is 16.7. The lowest BCUT2D eigenvalue weighted by Crippen LogP contribution is -2.35. The van der Waals surface area contributed by atoms with Gasteiger partial charge in [0.2, 0.25) is 5.91 Å². The molecule has 1 amide bonds. The molecule has 2 N–H and O–H groups in total. The third-order valence-corrected chi connectivity index (χ3v) is 4.47. The molecule has 4 heteroatoms. The van der Waals surface area contributed by atoms with Crippen LogP contribution in [0.15, 0.2) is 48.5 Å². The molecule has 1 aliphatic heterocycles. The van der Waals surface area contributed by atoms with Gasteiger partial charge in [0.1, 0.15) is 0 Å². The Labute approximate surface area is 150 Å². The monoisotopic (exact) mass is 344 g/mol. The summed E-state index contributed by atoms with van der Waals surface area (Å²) in [5.74, 6) is 0.218. The van der Waals surface area contributed by atoms with Gasteiger partial charge in [-0.3, -0.25) is 4.79 Å². The van der Waals surface area contributed by atoms with E-state index in [1.807, 2.05) is 0 Å². The number of aryl methyl sites for hydroxylation is 2. The van der Waals surface area contributed by atoms with Crippen molar-refractivity contribution in [2.45, 2.75) is 26.3 Å². The van der Waals surface area contributed by atoms with Gasteiger partial charge in [0.25, 0.3) is 0 Å². The quantitative estimate of drug-likeness (QED) is 0.890. The molecule has 128 valence electrons. The zero-order chi connectivity index (χ0) is 16.2. The Bertz CT molecular complexity index is 650. The third kappa shape index (κ3) is 4.37. The van der Waals surface area contributed by atoms with Crippen LogP contribution in [0.4, 0.5) is 0 Å². The Balaban J connectivity index is 0.00000208. The van der Waals surface area contributed by atoms with Gasteiger partial charge in [0.05, 0.1) is 12.0 Å². The highest BCUT2D eigenvalue weighted by Gasteiger charge is 2.25. The second kappa shape index (κ2) is 8.32. The number of hydrogen-bond donors (Lipinski definition) is 2. The maximum absolute atomic E-state index is 12.6. The minimum absolute atomic E-state index is 0. The number of hydrogen-bond acceptors (Lipinski definition) is 2. The molecule has 0 radical (unpaired) electrons. The van der Waals surface area contributed by atoms with Crippen molar-refractivity contribution in [1.29, 1.82) is 0 Å². The van der Waals surface area contributed by atoms with E-state index in [4.69, 9.17) is 0 Å². The van der Waals surface area contributed by atoms with E-state index in [1.165, 1.54) is 11.1 Å². The first-order valence-electron chi connectivity index (χ1n) is 8.28. The highest BCUT2D eigenvalue weighted by molar-refractivity contribution is 5.85. The van der Waals surface area contributed by atoms with Crippen molar-refractivity contribution in [3.05, 3.63) is 70.8 Å². The van der Waals surface area contributed by atoms with E-state index in [-0.39, 0.29) is 30.3 Å². The molecule has 0 spiro atoms. The Morgan fingerprint density at radius 3 is 2.12 bits per heavy atom. The van der Waals surface area contributed by atoms with Gasteiger partial charge < -0.3 is 10.6 Å². The number of carbonyl (C=O) groups excluding carboxylic acids is 1. The summed E-state index contributed by atoms with van der Waals surface area (Å²) in [5, 5.41) is 6.53. The van der Waals surface area contributed by atoms with Gasteiger partial charge in [0, 0.05) is 6.54 Å². The molecule has 1 saturated heterocycles. The molecule has 3 rings (SSSR count). The van der Waals surface area contributed by atoms with Crippen LogP contribution in [0.3, 0.4) is 0 Å². The summed E-state index contributed by atoms with van der Waals surface area (Å²) in [6.07, 6.45) is 0.917. The van der Waals surface area contributed by atoms with Crippen LogP contribution in [0.1, 0.15) is 34.7 Å². The van der Waals surface area contributed by atoms with Gasteiger partial charge >= 0.3 is 0 Å². The molecule has 1 aliphatic rings. The van der Waals surface area contributed by atoms with E-state index in [0.29, 0.717) is 0 Å². The SMILES string of the molecule is Cc1cccc(C(NC(=O)C2CCNC2)c2cccc(C)c2)c1.Cl.